The molecule has 0 spiro atoms. The molecular weight excluding hydrogens is 235 g/mol. The van der Waals surface area contributed by atoms with Crippen LogP contribution in [-0.2, 0) is 0 Å². The zero-order valence-corrected chi connectivity index (χ0v) is 12.4. The van der Waals surface area contributed by atoms with E-state index in [4.69, 9.17) is 0 Å². The lowest BCUT2D eigenvalue weighted by molar-refractivity contribution is 0.252. The topological polar surface area (TPSA) is 0 Å². The molecule has 5 unspecified atom stereocenters. The van der Waals surface area contributed by atoms with Gasteiger partial charge in [0.25, 0.3) is 0 Å². The SMILES string of the molecule is CC1C2CP(c3ccccc3)C1CC2C1(C)CC1. The fraction of sp³-hybridized carbons (Fsp3) is 0.647. The summed E-state index contributed by atoms with van der Waals surface area (Å²) >= 11 is 0. The molecule has 0 N–H and O–H groups in total. The minimum absolute atomic E-state index is 0.161. The summed E-state index contributed by atoms with van der Waals surface area (Å²) in [5.74, 6) is 3.12. The van der Waals surface area contributed by atoms with Crippen molar-refractivity contribution in [3.8, 4) is 0 Å². The van der Waals surface area contributed by atoms with E-state index < -0.39 is 0 Å². The Morgan fingerprint density at radius 1 is 1.17 bits per heavy atom. The molecule has 2 saturated carbocycles. The van der Waals surface area contributed by atoms with E-state index in [1.165, 1.54) is 19.0 Å². The Kier molecular flexibility index (Phi) is 2.44. The summed E-state index contributed by atoms with van der Waals surface area (Å²) < 4.78 is 0. The van der Waals surface area contributed by atoms with Gasteiger partial charge in [0.2, 0.25) is 0 Å². The van der Waals surface area contributed by atoms with Crippen LogP contribution in [0.3, 0.4) is 0 Å². The molecule has 2 aliphatic carbocycles. The van der Waals surface area contributed by atoms with Crippen molar-refractivity contribution in [3.63, 3.8) is 0 Å². The molecule has 0 radical (unpaired) electrons. The van der Waals surface area contributed by atoms with E-state index in [9.17, 15) is 0 Å². The molecule has 2 bridgehead atoms. The third-order valence-electron chi connectivity index (χ3n) is 6.12. The molecule has 5 atom stereocenters. The van der Waals surface area contributed by atoms with E-state index >= 15 is 0 Å². The average Bonchev–Trinajstić information content (AvgIpc) is 2.99. The van der Waals surface area contributed by atoms with Gasteiger partial charge in [-0.3, -0.25) is 0 Å². The molecule has 0 aromatic heterocycles. The summed E-state index contributed by atoms with van der Waals surface area (Å²) in [7, 11) is 0.161. The Morgan fingerprint density at radius 2 is 1.89 bits per heavy atom. The zero-order chi connectivity index (χ0) is 12.3. The number of hydrogen-bond donors (Lipinski definition) is 0. The quantitative estimate of drug-likeness (QED) is 0.696. The molecule has 1 heteroatoms. The van der Waals surface area contributed by atoms with Gasteiger partial charge in [-0.2, -0.15) is 0 Å². The van der Waals surface area contributed by atoms with Crippen LogP contribution in [0.4, 0.5) is 0 Å². The maximum atomic E-state index is 2.55. The molecule has 1 saturated heterocycles. The third kappa shape index (κ3) is 1.54. The van der Waals surface area contributed by atoms with Crippen LogP contribution in [0.15, 0.2) is 30.3 Å². The zero-order valence-electron chi connectivity index (χ0n) is 11.5. The molecule has 18 heavy (non-hydrogen) atoms. The average molecular weight is 258 g/mol. The van der Waals surface area contributed by atoms with Gasteiger partial charge in [0.15, 0.2) is 0 Å². The maximum absolute atomic E-state index is 2.55. The predicted octanol–water partition coefficient (Wildman–Crippen LogP) is 4.25. The summed E-state index contributed by atoms with van der Waals surface area (Å²) in [4.78, 5) is 0. The van der Waals surface area contributed by atoms with Crippen molar-refractivity contribution < 1.29 is 0 Å². The molecule has 4 rings (SSSR count). The Hall–Kier alpha value is -0.350. The van der Waals surface area contributed by atoms with Gasteiger partial charge in [0.05, 0.1) is 0 Å². The summed E-state index contributed by atoms with van der Waals surface area (Å²) in [6, 6.07) is 11.4. The van der Waals surface area contributed by atoms with E-state index in [1.807, 2.05) is 0 Å². The monoisotopic (exact) mass is 258 g/mol. The molecule has 1 aromatic carbocycles. The molecule has 1 heterocycles. The summed E-state index contributed by atoms with van der Waals surface area (Å²) in [6.45, 7) is 5.10. The van der Waals surface area contributed by atoms with E-state index in [1.54, 1.807) is 11.7 Å². The van der Waals surface area contributed by atoms with Crippen LogP contribution in [0, 0.1) is 23.2 Å². The van der Waals surface area contributed by atoms with Gasteiger partial charge in [-0.1, -0.05) is 52.1 Å². The van der Waals surface area contributed by atoms with Crippen LogP contribution in [-0.4, -0.2) is 11.8 Å². The predicted molar refractivity (Wildman–Crippen MR) is 79.8 cm³/mol. The van der Waals surface area contributed by atoms with Crippen LogP contribution in [0.2, 0.25) is 0 Å². The first-order chi connectivity index (χ1) is 8.69. The number of fused-ring (bicyclic) bond motifs is 2. The van der Waals surface area contributed by atoms with Crippen molar-refractivity contribution in [1.29, 1.82) is 0 Å². The fourth-order valence-corrected chi connectivity index (χ4v) is 8.39. The Bertz CT molecular complexity index is 448. The molecule has 0 amide bonds. The molecule has 1 aliphatic heterocycles. The summed E-state index contributed by atoms with van der Waals surface area (Å²) in [5.41, 5.74) is 1.79. The molecule has 1 aromatic rings. The number of rotatable bonds is 2. The van der Waals surface area contributed by atoms with Crippen LogP contribution in [0.25, 0.3) is 0 Å². The first kappa shape index (κ1) is 11.5. The second-order valence-corrected chi connectivity index (χ2v) is 9.56. The van der Waals surface area contributed by atoms with Gasteiger partial charge in [0.1, 0.15) is 0 Å². The standard InChI is InChI=1S/C17H23P/c1-12-14-11-18(13-6-4-3-5-7-13)16(12)10-15(14)17(2)8-9-17/h3-7,12,14-16H,8-11H2,1-2H3. The maximum Gasteiger partial charge on any atom is -0.0137 e. The third-order valence-corrected chi connectivity index (χ3v) is 9.38. The minimum atomic E-state index is 0.161. The van der Waals surface area contributed by atoms with E-state index in [0.717, 1.165) is 28.8 Å². The van der Waals surface area contributed by atoms with Crippen LogP contribution >= 0.6 is 7.92 Å². The largest absolute Gasteiger partial charge is 0.0716 e. The highest BCUT2D eigenvalue weighted by Crippen LogP contribution is 2.70. The van der Waals surface area contributed by atoms with Crippen molar-refractivity contribution in [3.05, 3.63) is 30.3 Å². The van der Waals surface area contributed by atoms with Gasteiger partial charge in [-0.25, -0.2) is 0 Å². The number of benzene rings is 1. The van der Waals surface area contributed by atoms with Crippen LogP contribution < -0.4 is 5.30 Å². The normalized spacial score (nSPS) is 44.2. The highest BCUT2D eigenvalue weighted by molar-refractivity contribution is 7.66. The second kappa shape index (κ2) is 3.83. The molecule has 3 fully saturated rings. The lowest BCUT2D eigenvalue weighted by atomic mass is 9.81. The van der Waals surface area contributed by atoms with Crippen molar-refractivity contribution in [1.82, 2.24) is 0 Å². The van der Waals surface area contributed by atoms with E-state index in [2.05, 4.69) is 44.2 Å². The highest BCUT2D eigenvalue weighted by atomic mass is 31.1. The Labute approximate surface area is 112 Å². The van der Waals surface area contributed by atoms with Gasteiger partial charge in [0, 0.05) is 0 Å². The fourth-order valence-electron chi connectivity index (χ4n) is 4.65. The van der Waals surface area contributed by atoms with E-state index in [-0.39, 0.29) is 7.92 Å². The van der Waals surface area contributed by atoms with Crippen LogP contribution in [0.1, 0.15) is 33.1 Å². The smallest absolute Gasteiger partial charge is 0.0137 e. The highest BCUT2D eigenvalue weighted by Gasteiger charge is 2.59. The minimum Gasteiger partial charge on any atom is -0.0716 e. The summed E-state index contributed by atoms with van der Waals surface area (Å²) in [6.07, 6.45) is 6.10. The van der Waals surface area contributed by atoms with E-state index in [0.29, 0.717) is 0 Å². The first-order valence-corrected chi connectivity index (χ1v) is 9.10. The van der Waals surface area contributed by atoms with Crippen molar-refractivity contribution in [2.24, 2.45) is 23.2 Å². The second-order valence-electron chi connectivity index (χ2n) is 7.07. The molecule has 3 aliphatic rings. The lowest BCUT2D eigenvalue weighted by Crippen LogP contribution is -2.24. The number of hydrogen-bond acceptors (Lipinski definition) is 0. The van der Waals surface area contributed by atoms with Crippen molar-refractivity contribution >= 4 is 13.2 Å². The summed E-state index contributed by atoms with van der Waals surface area (Å²) in [5, 5.41) is 1.67. The van der Waals surface area contributed by atoms with Gasteiger partial charge >= 0.3 is 0 Å². The Balaban J connectivity index is 1.60. The van der Waals surface area contributed by atoms with Gasteiger partial charge in [-0.05, 0) is 59.6 Å². The molecular formula is C17H23P. The first-order valence-electron chi connectivity index (χ1n) is 7.51. The molecule has 96 valence electrons. The van der Waals surface area contributed by atoms with Crippen LogP contribution in [0.5, 0.6) is 0 Å². The lowest BCUT2D eigenvalue weighted by Gasteiger charge is -2.32. The van der Waals surface area contributed by atoms with Gasteiger partial charge in [-0.15, -0.1) is 0 Å². The van der Waals surface area contributed by atoms with Crippen molar-refractivity contribution in [2.75, 3.05) is 6.16 Å². The van der Waals surface area contributed by atoms with Crippen molar-refractivity contribution in [2.45, 2.75) is 38.8 Å². The van der Waals surface area contributed by atoms with Gasteiger partial charge < -0.3 is 0 Å². The Morgan fingerprint density at radius 3 is 2.44 bits per heavy atom. The molecule has 0 nitrogen and oxygen atoms in total.